The van der Waals surface area contributed by atoms with E-state index in [-0.39, 0.29) is 6.10 Å². The van der Waals surface area contributed by atoms with Crippen molar-refractivity contribution in [3.05, 3.63) is 12.7 Å². The molecule has 3 nitrogen and oxygen atoms in total. The van der Waals surface area contributed by atoms with Crippen LogP contribution in [0, 0.1) is 0 Å². The van der Waals surface area contributed by atoms with Crippen molar-refractivity contribution >= 4 is 0 Å². The minimum absolute atomic E-state index is 0.328. The van der Waals surface area contributed by atoms with Crippen LogP contribution in [0.4, 0.5) is 0 Å². The standard InChI is InChI=1S/C12H24O3/c1-3-4-5-6-7-8-12(13)11-15-10-9-14-2/h3,12-13H,1,4-11H2,2H3. The maximum absolute atomic E-state index is 9.52. The lowest BCUT2D eigenvalue weighted by atomic mass is 10.1. The highest BCUT2D eigenvalue weighted by molar-refractivity contribution is 4.65. The molecular weight excluding hydrogens is 192 g/mol. The first-order valence-electron chi connectivity index (χ1n) is 5.67. The lowest BCUT2D eigenvalue weighted by molar-refractivity contribution is 0.00956. The van der Waals surface area contributed by atoms with Crippen LogP contribution in [0.2, 0.25) is 0 Å². The molecule has 15 heavy (non-hydrogen) atoms. The first-order chi connectivity index (χ1) is 7.31. The summed E-state index contributed by atoms with van der Waals surface area (Å²) in [6.07, 6.45) is 6.88. The minimum atomic E-state index is -0.328. The number of hydrogen-bond acceptors (Lipinski definition) is 3. The normalized spacial score (nSPS) is 12.7. The average molecular weight is 216 g/mol. The van der Waals surface area contributed by atoms with E-state index < -0.39 is 0 Å². The second-order valence-electron chi connectivity index (χ2n) is 3.65. The number of ether oxygens (including phenoxy) is 2. The van der Waals surface area contributed by atoms with E-state index in [0.717, 1.165) is 25.7 Å². The molecule has 0 spiro atoms. The molecule has 1 atom stereocenters. The van der Waals surface area contributed by atoms with Crippen LogP contribution in [0.1, 0.15) is 32.1 Å². The molecule has 0 saturated heterocycles. The van der Waals surface area contributed by atoms with Crippen LogP contribution in [0.3, 0.4) is 0 Å². The largest absolute Gasteiger partial charge is 0.391 e. The smallest absolute Gasteiger partial charge is 0.0773 e. The molecule has 0 aromatic carbocycles. The quantitative estimate of drug-likeness (QED) is 0.425. The number of aliphatic hydroxyl groups excluding tert-OH is 1. The van der Waals surface area contributed by atoms with Crippen molar-refractivity contribution in [2.24, 2.45) is 0 Å². The maximum atomic E-state index is 9.52. The van der Waals surface area contributed by atoms with Crippen molar-refractivity contribution in [2.45, 2.75) is 38.2 Å². The molecule has 0 aliphatic heterocycles. The van der Waals surface area contributed by atoms with Crippen molar-refractivity contribution in [3.8, 4) is 0 Å². The van der Waals surface area contributed by atoms with Gasteiger partial charge in [-0.2, -0.15) is 0 Å². The predicted octanol–water partition coefficient (Wildman–Crippen LogP) is 2.15. The summed E-state index contributed by atoms with van der Waals surface area (Å²) in [7, 11) is 1.64. The molecule has 0 aliphatic carbocycles. The van der Waals surface area contributed by atoms with E-state index in [0.29, 0.717) is 19.8 Å². The van der Waals surface area contributed by atoms with E-state index in [9.17, 15) is 5.11 Å². The Morgan fingerprint density at radius 2 is 2.07 bits per heavy atom. The Hall–Kier alpha value is -0.380. The van der Waals surface area contributed by atoms with Crippen LogP contribution >= 0.6 is 0 Å². The topological polar surface area (TPSA) is 38.7 Å². The summed E-state index contributed by atoms with van der Waals surface area (Å²) in [4.78, 5) is 0. The van der Waals surface area contributed by atoms with Crippen molar-refractivity contribution in [1.29, 1.82) is 0 Å². The van der Waals surface area contributed by atoms with Crippen molar-refractivity contribution < 1.29 is 14.6 Å². The molecule has 0 rings (SSSR count). The Balaban J connectivity index is 3.11. The maximum Gasteiger partial charge on any atom is 0.0773 e. The zero-order chi connectivity index (χ0) is 11.4. The Labute approximate surface area is 93.1 Å². The fourth-order valence-electron chi connectivity index (χ4n) is 1.29. The molecule has 0 saturated carbocycles. The fraction of sp³-hybridized carbons (Fsp3) is 0.833. The highest BCUT2D eigenvalue weighted by Crippen LogP contribution is 2.06. The number of aliphatic hydroxyl groups is 1. The fourth-order valence-corrected chi connectivity index (χ4v) is 1.29. The molecule has 0 aromatic rings. The van der Waals surface area contributed by atoms with Crippen LogP contribution in [-0.2, 0) is 9.47 Å². The summed E-state index contributed by atoms with van der Waals surface area (Å²) in [5.74, 6) is 0. The summed E-state index contributed by atoms with van der Waals surface area (Å²) in [6.45, 7) is 5.24. The van der Waals surface area contributed by atoms with Gasteiger partial charge in [-0.05, 0) is 19.3 Å². The molecule has 0 radical (unpaired) electrons. The Bertz CT molecular complexity index is 137. The molecule has 1 N–H and O–H groups in total. The van der Waals surface area contributed by atoms with Crippen LogP contribution in [0.5, 0.6) is 0 Å². The van der Waals surface area contributed by atoms with Crippen molar-refractivity contribution in [2.75, 3.05) is 26.9 Å². The van der Waals surface area contributed by atoms with Gasteiger partial charge < -0.3 is 14.6 Å². The van der Waals surface area contributed by atoms with Gasteiger partial charge in [0.25, 0.3) is 0 Å². The summed E-state index contributed by atoms with van der Waals surface area (Å²) >= 11 is 0. The second kappa shape index (κ2) is 11.7. The van der Waals surface area contributed by atoms with Crippen molar-refractivity contribution in [1.82, 2.24) is 0 Å². The van der Waals surface area contributed by atoms with E-state index in [4.69, 9.17) is 9.47 Å². The van der Waals surface area contributed by atoms with Crippen LogP contribution in [0.25, 0.3) is 0 Å². The minimum Gasteiger partial charge on any atom is -0.391 e. The van der Waals surface area contributed by atoms with Gasteiger partial charge in [0.1, 0.15) is 0 Å². The predicted molar refractivity (Wildman–Crippen MR) is 62.0 cm³/mol. The molecule has 0 bridgehead atoms. The van der Waals surface area contributed by atoms with E-state index in [1.54, 1.807) is 7.11 Å². The zero-order valence-electron chi connectivity index (χ0n) is 9.78. The SMILES string of the molecule is C=CCCCCCC(O)COCCOC. The summed E-state index contributed by atoms with van der Waals surface area (Å²) < 4.78 is 10.1. The number of hydrogen-bond donors (Lipinski definition) is 1. The van der Waals surface area contributed by atoms with Gasteiger partial charge in [0, 0.05) is 7.11 Å². The van der Waals surface area contributed by atoms with E-state index in [1.807, 2.05) is 6.08 Å². The van der Waals surface area contributed by atoms with Crippen molar-refractivity contribution in [3.63, 3.8) is 0 Å². The lowest BCUT2D eigenvalue weighted by Gasteiger charge is -2.10. The summed E-state index contributed by atoms with van der Waals surface area (Å²) in [5, 5.41) is 9.52. The van der Waals surface area contributed by atoms with Gasteiger partial charge in [-0.1, -0.05) is 18.9 Å². The van der Waals surface area contributed by atoms with Gasteiger partial charge in [-0.15, -0.1) is 6.58 Å². The van der Waals surface area contributed by atoms with E-state index in [1.165, 1.54) is 6.42 Å². The third-order valence-electron chi connectivity index (χ3n) is 2.19. The third kappa shape index (κ3) is 11.5. The highest BCUT2D eigenvalue weighted by Gasteiger charge is 2.03. The molecule has 0 aliphatic rings. The average Bonchev–Trinajstić information content (AvgIpc) is 2.24. The van der Waals surface area contributed by atoms with Crippen LogP contribution < -0.4 is 0 Å². The zero-order valence-corrected chi connectivity index (χ0v) is 9.78. The van der Waals surface area contributed by atoms with Gasteiger partial charge in [0.2, 0.25) is 0 Å². The summed E-state index contributed by atoms with van der Waals surface area (Å²) in [6, 6.07) is 0. The Morgan fingerprint density at radius 1 is 1.27 bits per heavy atom. The number of rotatable bonds is 11. The molecule has 0 aromatic heterocycles. The van der Waals surface area contributed by atoms with Gasteiger partial charge in [0.05, 0.1) is 25.9 Å². The molecule has 0 fully saturated rings. The molecule has 1 unspecified atom stereocenters. The molecule has 0 amide bonds. The van der Waals surface area contributed by atoms with E-state index >= 15 is 0 Å². The second-order valence-corrected chi connectivity index (χ2v) is 3.65. The molecular formula is C12H24O3. The van der Waals surface area contributed by atoms with Gasteiger partial charge in [0.15, 0.2) is 0 Å². The van der Waals surface area contributed by atoms with Crippen LogP contribution in [0.15, 0.2) is 12.7 Å². The van der Waals surface area contributed by atoms with E-state index in [2.05, 4.69) is 6.58 Å². The Morgan fingerprint density at radius 3 is 2.73 bits per heavy atom. The highest BCUT2D eigenvalue weighted by atomic mass is 16.5. The van der Waals surface area contributed by atoms with Crippen LogP contribution in [-0.4, -0.2) is 38.1 Å². The molecule has 3 heteroatoms. The first-order valence-corrected chi connectivity index (χ1v) is 5.67. The Kier molecular flexibility index (Phi) is 11.4. The first kappa shape index (κ1) is 14.6. The number of allylic oxidation sites excluding steroid dienone is 1. The molecule has 0 heterocycles. The lowest BCUT2D eigenvalue weighted by Crippen LogP contribution is -2.16. The van der Waals surface area contributed by atoms with Gasteiger partial charge in [-0.3, -0.25) is 0 Å². The third-order valence-corrected chi connectivity index (χ3v) is 2.19. The summed E-state index contributed by atoms with van der Waals surface area (Å²) in [5.41, 5.74) is 0. The molecule has 90 valence electrons. The number of methoxy groups -OCH3 is 1. The van der Waals surface area contributed by atoms with Gasteiger partial charge >= 0.3 is 0 Å². The number of unbranched alkanes of at least 4 members (excludes halogenated alkanes) is 3. The monoisotopic (exact) mass is 216 g/mol. The van der Waals surface area contributed by atoms with Gasteiger partial charge in [-0.25, -0.2) is 0 Å².